The summed E-state index contributed by atoms with van der Waals surface area (Å²) in [6.45, 7) is 0. The summed E-state index contributed by atoms with van der Waals surface area (Å²) in [6.07, 6.45) is 3.68. The summed E-state index contributed by atoms with van der Waals surface area (Å²) >= 11 is 0. The van der Waals surface area contributed by atoms with Crippen LogP contribution in [0.4, 0.5) is 0 Å². The highest BCUT2D eigenvalue weighted by atomic mass is 16.5. The normalized spacial score (nSPS) is 10.0. The number of rotatable bonds is 5. The van der Waals surface area contributed by atoms with Gasteiger partial charge in [-0.15, -0.1) is 0 Å². The fraction of sp³-hybridized carbons (Fsp3) is 0.200. The fourth-order valence-electron chi connectivity index (χ4n) is 1.76. The third-order valence-electron chi connectivity index (χ3n) is 2.79. The number of methoxy groups -OCH3 is 2. The maximum atomic E-state index is 12.2. The van der Waals surface area contributed by atoms with Gasteiger partial charge in [-0.3, -0.25) is 9.78 Å². The third kappa shape index (κ3) is 3.31. The first-order chi connectivity index (χ1) is 9.22. The molecule has 4 heteroatoms. The number of Topliss-reactive ketones (excluding diaryl/α,β-unsaturated/α-hetero) is 1. The van der Waals surface area contributed by atoms with Gasteiger partial charge < -0.3 is 9.47 Å². The highest BCUT2D eigenvalue weighted by molar-refractivity contribution is 5.98. The number of ether oxygens (including phenoxy) is 2. The van der Waals surface area contributed by atoms with Gasteiger partial charge in [-0.1, -0.05) is 0 Å². The Balaban J connectivity index is 2.23. The van der Waals surface area contributed by atoms with Gasteiger partial charge in [0.05, 0.1) is 14.2 Å². The van der Waals surface area contributed by atoms with Crippen LogP contribution in [-0.4, -0.2) is 25.0 Å². The number of carbonyl (C=O) groups excluding carboxylic acids is 1. The topological polar surface area (TPSA) is 48.4 Å². The zero-order chi connectivity index (χ0) is 13.7. The molecule has 0 atom stereocenters. The Morgan fingerprint density at radius 1 is 1.05 bits per heavy atom. The van der Waals surface area contributed by atoms with Gasteiger partial charge in [-0.25, -0.2) is 0 Å². The van der Waals surface area contributed by atoms with Crippen molar-refractivity contribution in [3.63, 3.8) is 0 Å². The minimum Gasteiger partial charge on any atom is -0.497 e. The number of hydrogen-bond acceptors (Lipinski definition) is 4. The van der Waals surface area contributed by atoms with Crippen LogP contribution in [0.1, 0.15) is 15.9 Å². The molecular formula is C15H15NO3. The number of carbonyl (C=O) groups is 1. The molecule has 0 unspecified atom stereocenters. The number of hydrogen-bond donors (Lipinski definition) is 0. The molecule has 0 amide bonds. The molecule has 0 aliphatic carbocycles. The Hall–Kier alpha value is -2.36. The van der Waals surface area contributed by atoms with Gasteiger partial charge in [0.2, 0.25) is 0 Å². The zero-order valence-corrected chi connectivity index (χ0v) is 10.9. The van der Waals surface area contributed by atoms with Crippen LogP contribution in [0.25, 0.3) is 0 Å². The van der Waals surface area contributed by atoms with Gasteiger partial charge in [-0.2, -0.15) is 0 Å². The third-order valence-corrected chi connectivity index (χ3v) is 2.79. The van der Waals surface area contributed by atoms with E-state index in [2.05, 4.69) is 4.98 Å². The molecule has 0 aliphatic rings. The molecule has 98 valence electrons. The Kier molecular flexibility index (Phi) is 4.13. The molecule has 0 fully saturated rings. The van der Waals surface area contributed by atoms with Crippen molar-refractivity contribution in [3.8, 4) is 11.5 Å². The van der Waals surface area contributed by atoms with Crippen LogP contribution in [0.5, 0.6) is 11.5 Å². The van der Waals surface area contributed by atoms with Gasteiger partial charge in [0.25, 0.3) is 0 Å². The van der Waals surface area contributed by atoms with Crippen LogP contribution >= 0.6 is 0 Å². The predicted molar refractivity (Wildman–Crippen MR) is 71.8 cm³/mol. The number of aromatic nitrogens is 1. The highest BCUT2D eigenvalue weighted by Gasteiger charge is 2.10. The van der Waals surface area contributed by atoms with Crippen molar-refractivity contribution in [1.29, 1.82) is 0 Å². The van der Waals surface area contributed by atoms with Crippen LogP contribution in [0.3, 0.4) is 0 Å². The van der Waals surface area contributed by atoms with E-state index >= 15 is 0 Å². The quantitative estimate of drug-likeness (QED) is 0.772. The van der Waals surface area contributed by atoms with Gasteiger partial charge in [0, 0.05) is 30.4 Å². The van der Waals surface area contributed by atoms with E-state index in [9.17, 15) is 4.79 Å². The number of benzene rings is 1. The molecule has 0 N–H and O–H groups in total. The van der Waals surface area contributed by atoms with Gasteiger partial charge in [0.15, 0.2) is 5.78 Å². The van der Waals surface area contributed by atoms with E-state index in [4.69, 9.17) is 9.47 Å². The van der Waals surface area contributed by atoms with Crippen molar-refractivity contribution < 1.29 is 14.3 Å². The van der Waals surface area contributed by atoms with E-state index in [1.54, 1.807) is 44.8 Å². The molecule has 4 nitrogen and oxygen atoms in total. The monoisotopic (exact) mass is 257 g/mol. The molecule has 0 aliphatic heterocycles. The molecule has 1 aromatic heterocycles. The molecule has 2 aromatic rings. The van der Waals surface area contributed by atoms with Gasteiger partial charge >= 0.3 is 0 Å². The van der Waals surface area contributed by atoms with Crippen molar-refractivity contribution >= 4 is 5.78 Å². The SMILES string of the molecule is COc1cc(OC)cc(C(=O)Cc2ccncc2)c1. The predicted octanol–water partition coefficient (Wildman–Crippen LogP) is 2.52. The van der Waals surface area contributed by atoms with Crippen LogP contribution < -0.4 is 9.47 Å². The summed E-state index contributed by atoms with van der Waals surface area (Å²) in [7, 11) is 3.12. The lowest BCUT2D eigenvalue weighted by atomic mass is 10.0. The summed E-state index contributed by atoms with van der Waals surface area (Å²) in [6, 6.07) is 8.83. The number of nitrogens with zero attached hydrogens (tertiary/aromatic N) is 1. The van der Waals surface area contributed by atoms with E-state index in [-0.39, 0.29) is 5.78 Å². The van der Waals surface area contributed by atoms with Gasteiger partial charge in [-0.05, 0) is 29.8 Å². The number of ketones is 1. The Labute approximate surface area is 112 Å². The zero-order valence-electron chi connectivity index (χ0n) is 10.9. The summed E-state index contributed by atoms with van der Waals surface area (Å²) in [5, 5.41) is 0. The smallest absolute Gasteiger partial charge is 0.167 e. The highest BCUT2D eigenvalue weighted by Crippen LogP contribution is 2.23. The molecule has 0 radical (unpaired) electrons. The first-order valence-corrected chi connectivity index (χ1v) is 5.88. The minimum atomic E-state index is 0.0170. The molecule has 19 heavy (non-hydrogen) atoms. The van der Waals surface area contributed by atoms with E-state index in [1.807, 2.05) is 12.1 Å². The molecule has 1 aromatic carbocycles. The fourth-order valence-corrected chi connectivity index (χ4v) is 1.76. The van der Waals surface area contributed by atoms with Crippen LogP contribution in [0.15, 0.2) is 42.7 Å². The van der Waals surface area contributed by atoms with Crippen molar-refractivity contribution in [2.75, 3.05) is 14.2 Å². The number of pyridine rings is 1. The Bertz CT molecular complexity index is 545. The standard InChI is InChI=1S/C15H15NO3/c1-18-13-8-12(9-14(10-13)19-2)15(17)7-11-3-5-16-6-4-11/h3-6,8-10H,7H2,1-2H3. The van der Waals surface area contributed by atoms with Crippen LogP contribution in [0.2, 0.25) is 0 Å². The molecule has 2 rings (SSSR count). The largest absolute Gasteiger partial charge is 0.497 e. The second-order valence-electron chi connectivity index (χ2n) is 4.06. The van der Waals surface area contributed by atoms with Crippen LogP contribution in [0, 0.1) is 0 Å². The van der Waals surface area contributed by atoms with Crippen LogP contribution in [-0.2, 0) is 6.42 Å². The second kappa shape index (κ2) is 6.00. The summed E-state index contributed by atoms with van der Waals surface area (Å²) in [5.74, 6) is 1.23. The molecule has 0 saturated carbocycles. The molecule has 0 saturated heterocycles. The lowest BCUT2D eigenvalue weighted by Crippen LogP contribution is -2.04. The van der Waals surface area contributed by atoms with E-state index < -0.39 is 0 Å². The maximum absolute atomic E-state index is 12.2. The average molecular weight is 257 g/mol. The van der Waals surface area contributed by atoms with Crippen molar-refractivity contribution in [2.45, 2.75) is 6.42 Å². The van der Waals surface area contributed by atoms with E-state index in [0.29, 0.717) is 23.5 Å². The van der Waals surface area contributed by atoms with Crippen molar-refractivity contribution in [1.82, 2.24) is 4.98 Å². The Morgan fingerprint density at radius 3 is 2.16 bits per heavy atom. The van der Waals surface area contributed by atoms with Gasteiger partial charge in [0.1, 0.15) is 11.5 Å². The molecular weight excluding hydrogens is 242 g/mol. The van der Waals surface area contributed by atoms with Crippen molar-refractivity contribution in [2.24, 2.45) is 0 Å². The minimum absolute atomic E-state index is 0.0170. The second-order valence-corrected chi connectivity index (χ2v) is 4.06. The Morgan fingerprint density at radius 2 is 1.63 bits per heavy atom. The average Bonchev–Trinajstić information content (AvgIpc) is 2.47. The van der Waals surface area contributed by atoms with E-state index in [1.165, 1.54) is 0 Å². The van der Waals surface area contributed by atoms with E-state index in [0.717, 1.165) is 5.56 Å². The molecule has 0 spiro atoms. The molecule has 0 bridgehead atoms. The lowest BCUT2D eigenvalue weighted by Gasteiger charge is -2.08. The maximum Gasteiger partial charge on any atom is 0.167 e. The molecule has 1 heterocycles. The first kappa shape index (κ1) is 13.1. The summed E-state index contributed by atoms with van der Waals surface area (Å²) in [5.41, 5.74) is 1.51. The first-order valence-electron chi connectivity index (χ1n) is 5.88. The summed E-state index contributed by atoms with van der Waals surface area (Å²) < 4.78 is 10.3. The lowest BCUT2D eigenvalue weighted by molar-refractivity contribution is 0.0992. The van der Waals surface area contributed by atoms with Crippen molar-refractivity contribution in [3.05, 3.63) is 53.9 Å². The summed E-state index contributed by atoms with van der Waals surface area (Å²) in [4.78, 5) is 16.1.